The van der Waals surface area contributed by atoms with Crippen LogP contribution in [0.1, 0.15) is 44.1 Å². The summed E-state index contributed by atoms with van der Waals surface area (Å²) < 4.78 is 15.7. The maximum atomic E-state index is 13.0. The third-order valence-corrected chi connectivity index (χ3v) is 6.94. The number of cyclic esters (lactones) is 1. The van der Waals surface area contributed by atoms with Crippen molar-refractivity contribution in [2.45, 2.75) is 44.4 Å². The average Bonchev–Trinajstić information content (AvgIpc) is 3.54. The fourth-order valence-electron chi connectivity index (χ4n) is 5.29. The summed E-state index contributed by atoms with van der Waals surface area (Å²) in [4.78, 5) is 24.2. The molecule has 0 aliphatic carbocycles. The van der Waals surface area contributed by atoms with Crippen LogP contribution in [0.25, 0.3) is 21.9 Å². The van der Waals surface area contributed by atoms with Crippen LogP contribution >= 0.6 is 0 Å². The highest BCUT2D eigenvalue weighted by molar-refractivity contribution is 6.03. The molecule has 178 valence electrons. The molecule has 0 radical (unpaired) electrons. The van der Waals surface area contributed by atoms with E-state index in [0.717, 1.165) is 29.3 Å². The highest BCUT2D eigenvalue weighted by Crippen LogP contribution is 2.41. The molecule has 0 bridgehead atoms. The number of hydrogen-bond donors (Lipinski definition) is 0. The van der Waals surface area contributed by atoms with Gasteiger partial charge in [-0.3, -0.25) is 14.6 Å². The number of pyridine rings is 1. The number of amides is 1. The van der Waals surface area contributed by atoms with Crippen LogP contribution in [0.5, 0.6) is 0 Å². The summed E-state index contributed by atoms with van der Waals surface area (Å²) >= 11 is 0. The number of carbonyl (C=O) groups excluding carboxylic acids is 1. The van der Waals surface area contributed by atoms with Gasteiger partial charge in [-0.05, 0) is 44.9 Å². The normalized spacial score (nSPS) is 24.7. The van der Waals surface area contributed by atoms with Gasteiger partial charge >= 0.3 is 6.09 Å². The Bertz CT molecular complexity index is 1520. The van der Waals surface area contributed by atoms with Gasteiger partial charge in [-0.2, -0.15) is 10.4 Å². The summed E-state index contributed by atoms with van der Waals surface area (Å²) in [5.41, 5.74) is 2.64. The molecular formula is C25H25N7O3. The number of aryl methyl sites for hydroxylation is 1. The van der Waals surface area contributed by atoms with Crippen molar-refractivity contribution in [3.8, 4) is 6.07 Å². The van der Waals surface area contributed by atoms with Gasteiger partial charge in [0.05, 0.1) is 53.4 Å². The van der Waals surface area contributed by atoms with Gasteiger partial charge in [-0.25, -0.2) is 9.78 Å². The minimum Gasteiger partial charge on any atom is -0.433 e. The first-order valence-electron chi connectivity index (χ1n) is 11.7. The van der Waals surface area contributed by atoms with Gasteiger partial charge in [0.1, 0.15) is 5.52 Å². The number of fused-ring (bicyclic) bond motifs is 3. The molecule has 0 unspecified atom stereocenters. The Balaban J connectivity index is 1.56. The maximum absolute atomic E-state index is 13.0. The Kier molecular flexibility index (Phi) is 4.79. The number of imidazole rings is 1. The molecule has 5 heterocycles. The SMILES string of the molecule is C[C@@H]1C[C@H](n2c([C@@]3(C)CN(c4cnn(C)c4)C(=O)O3)nc3cnc4ccc(C#N)cc4c32)CCO1. The third-order valence-electron chi connectivity index (χ3n) is 6.94. The number of carbonyl (C=O) groups is 1. The lowest BCUT2D eigenvalue weighted by atomic mass is 10.00. The van der Waals surface area contributed by atoms with Crippen molar-refractivity contribution in [2.75, 3.05) is 18.1 Å². The minimum atomic E-state index is -0.993. The van der Waals surface area contributed by atoms with Crippen molar-refractivity contribution < 1.29 is 14.3 Å². The predicted molar refractivity (Wildman–Crippen MR) is 128 cm³/mol. The number of ether oxygens (including phenoxy) is 2. The van der Waals surface area contributed by atoms with Crippen LogP contribution < -0.4 is 4.90 Å². The number of nitriles is 1. The van der Waals surface area contributed by atoms with E-state index in [1.807, 2.05) is 26.1 Å². The Morgan fingerprint density at radius 1 is 1.26 bits per heavy atom. The van der Waals surface area contributed by atoms with Gasteiger partial charge in [0.25, 0.3) is 0 Å². The zero-order valence-electron chi connectivity index (χ0n) is 19.8. The zero-order chi connectivity index (χ0) is 24.3. The lowest BCUT2D eigenvalue weighted by molar-refractivity contribution is 0.00171. The Hall–Kier alpha value is -3.97. The summed E-state index contributed by atoms with van der Waals surface area (Å²) in [6, 6.07) is 7.81. The predicted octanol–water partition coefficient (Wildman–Crippen LogP) is 3.80. The summed E-state index contributed by atoms with van der Waals surface area (Å²) in [5.74, 6) is 0.669. The first-order chi connectivity index (χ1) is 16.9. The molecule has 1 amide bonds. The third kappa shape index (κ3) is 3.42. The second-order valence-corrected chi connectivity index (χ2v) is 9.56. The van der Waals surface area contributed by atoms with Gasteiger partial charge in [-0.15, -0.1) is 0 Å². The van der Waals surface area contributed by atoms with E-state index >= 15 is 0 Å². The lowest BCUT2D eigenvalue weighted by Gasteiger charge is -2.32. The molecule has 2 aliphatic rings. The topological polar surface area (TPSA) is 111 Å². The second-order valence-electron chi connectivity index (χ2n) is 9.56. The molecule has 35 heavy (non-hydrogen) atoms. The van der Waals surface area contributed by atoms with Crippen molar-refractivity contribution in [2.24, 2.45) is 7.05 Å². The van der Waals surface area contributed by atoms with Crippen molar-refractivity contribution in [3.63, 3.8) is 0 Å². The number of anilines is 1. The van der Waals surface area contributed by atoms with Crippen LogP contribution in [-0.4, -0.2) is 49.7 Å². The molecule has 3 aromatic heterocycles. The van der Waals surface area contributed by atoms with Gasteiger partial charge in [0.15, 0.2) is 11.4 Å². The average molecular weight is 472 g/mol. The zero-order valence-corrected chi connectivity index (χ0v) is 19.8. The van der Waals surface area contributed by atoms with Gasteiger partial charge in [0.2, 0.25) is 0 Å². The van der Waals surface area contributed by atoms with Crippen LogP contribution in [0.3, 0.4) is 0 Å². The maximum Gasteiger partial charge on any atom is 0.415 e. The molecule has 0 spiro atoms. The highest BCUT2D eigenvalue weighted by Gasteiger charge is 2.48. The number of aromatic nitrogens is 5. The van der Waals surface area contributed by atoms with Crippen molar-refractivity contribution >= 4 is 33.7 Å². The monoisotopic (exact) mass is 471 g/mol. The first kappa shape index (κ1) is 21.6. The van der Waals surface area contributed by atoms with Crippen LogP contribution in [0.4, 0.5) is 10.5 Å². The standard InChI is InChI=1S/C25H25N7O3/c1-15-8-17(6-7-34-15)32-22-19-9-16(10-26)4-5-20(19)27-12-21(22)29-23(32)25(2)14-31(24(33)35-25)18-11-28-30(3)13-18/h4-5,9,11-13,15,17H,6-8,14H2,1-3H3/t15-,17-,25-/m1/s1. The molecule has 1 aromatic carbocycles. The van der Waals surface area contributed by atoms with Crippen LogP contribution in [0.2, 0.25) is 0 Å². The summed E-state index contributed by atoms with van der Waals surface area (Å²) in [6.45, 7) is 4.90. The smallest absolute Gasteiger partial charge is 0.415 e. The van der Waals surface area contributed by atoms with E-state index < -0.39 is 11.7 Å². The lowest BCUT2D eigenvalue weighted by Crippen LogP contribution is -2.35. The fourth-order valence-corrected chi connectivity index (χ4v) is 5.29. The van der Waals surface area contributed by atoms with Crippen molar-refractivity contribution in [1.29, 1.82) is 5.26 Å². The molecule has 2 fully saturated rings. The summed E-state index contributed by atoms with van der Waals surface area (Å²) in [6.07, 6.45) is 6.46. The summed E-state index contributed by atoms with van der Waals surface area (Å²) in [7, 11) is 1.81. The number of hydrogen-bond acceptors (Lipinski definition) is 7. The highest BCUT2D eigenvalue weighted by atomic mass is 16.6. The van der Waals surface area contributed by atoms with E-state index in [9.17, 15) is 10.1 Å². The number of nitrogens with zero attached hydrogens (tertiary/aromatic N) is 7. The van der Waals surface area contributed by atoms with E-state index in [1.165, 1.54) is 0 Å². The number of rotatable bonds is 3. The Morgan fingerprint density at radius 2 is 2.11 bits per heavy atom. The molecule has 2 aliphatic heterocycles. The van der Waals surface area contributed by atoms with Gasteiger partial charge in [-0.1, -0.05) is 0 Å². The summed E-state index contributed by atoms with van der Waals surface area (Å²) in [5, 5.41) is 14.6. The molecule has 0 N–H and O–H groups in total. The van der Waals surface area contributed by atoms with Gasteiger partial charge in [0, 0.05) is 31.3 Å². The Morgan fingerprint density at radius 3 is 2.86 bits per heavy atom. The van der Waals surface area contributed by atoms with Crippen LogP contribution in [0, 0.1) is 11.3 Å². The number of benzene rings is 1. The largest absolute Gasteiger partial charge is 0.433 e. The molecule has 6 rings (SSSR count). The Labute approximate surface area is 201 Å². The van der Waals surface area contributed by atoms with E-state index in [4.69, 9.17) is 14.5 Å². The van der Waals surface area contributed by atoms with Crippen molar-refractivity contribution in [3.05, 3.63) is 48.2 Å². The molecule has 3 atom stereocenters. The second kappa shape index (κ2) is 7.78. The molecular weight excluding hydrogens is 446 g/mol. The van der Waals surface area contributed by atoms with Crippen LogP contribution in [0.15, 0.2) is 36.8 Å². The van der Waals surface area contributed by atoms with E-state index in [-0.39, 0.29) is 12.1 Å². The minimum absolute atomic E-state index is 0.0904. The first-order valence-corrected chi connectivity index (χ1v) is 11.7. The quantitative estimate of drug-likeness (QED) is 0.447. The molecule has 10 nitrogen and oxygen atoms in total. The molecule has 2 saturated heterocycles. The van der Waals surface area contributed by atoms with Gasteiger partial charge < -0.3 is 14.0 Å². The van der Waals surface area contributed by atoms with E-state index in [2.05, 4.69) is 27.6 Å². The fraction of sp³-hybridized carbons (Fsp3) is 0.400. The van der Waals surface area contributed by atoms with E-state index in [1.54, 1.807) is 34.2 Å². The molecule has 4 aromatic rings. The molecule has 10 heteroatoms. The molecule has 0 saturated carbocycles. The van der Waals surface area contributed by atoms with Crippen molar-refractivity contribution in [1.82, 2.24) is 24.3 Å². The van der Waals surface area contributed by atoms with Crippen LogP contribution in [-0.2, 0) is 22.1 Å². The van der Waals surface area contributed by atoms with E-state index in [0.29, 0.717) is 35.7 Å².